The third-order valence-corrected chi connectivity index (χ3v) is 3.84. The standard InChI is InChI=1S/C20H20N4O3/c1-26-17-8-7-15(11-18(17)27-2)24-20(25)14-6-9-19(22-12-14)23-13-16-5-3-4-10-21-16/h3-12H,13H2,1-2H3,(H,22,23)(H,24,25). The number of hydrogen-bond donors (Lipinski definition) is 2. The maximum absolute atomic E-state index is 12.4. The predicted octanol–water partition coefficient (Wildman–Crippen LogP) is 3.36. The molecule has 7 heteroatoms. The number of pyridine rings is 2. The number of ether oxygens (including phenoxy) is 2. The maximum atomic E-state index is 12.4. The molecule has 1 amide bonds. The Labute approximate surface area is 157 Å². The zero-order valence-corrected chi connectivity index (χ0v) is 15.1. The van der Waals surface area contributed by atoms with Gasteiger partial charge >= 0.3 is 0 Å². The summed E-state index contributed by atoms with van der Waals surface area (Å²) in [6, 6.07) is 14.4. The second-order valence-corrected chi connectivity index (χ2v) is 5.63. The first-order valence-corrected chi connectivity index (χ1v) is 8.33. The van der Waals surface area contributed by atoms with Crippen LogP contribution in [-0.2, 0) is 6.54 Å². The van der Waals surface area contributed by atoms with Gasteiger partial charge in [-0.2, -0.15) is 0 Å². The van der Waals surface area contributed by atoms with Gasteiger partial charge in [-0.3, -0.25) is 9.78 Å². The minimum atomic E-state index is -0.258. The Hall–Kier alpha value is -3.61. The number of nitrogens with zero attached hydrogens (tertiary/aromatic N) is 2. The van der Waals surface area contributed by atoms with Gasteiger partial charge in [0.15, 0.2) is 11.5 Å². The Morgan fingerprint density at radius 1 is 1.00 bits per heavy atom. The van der Waals surface area contributed by atoms with Crippen LogP contribution in [0, 0.1) is 0 Å². The highest BCUT2D eigenvalue weighted by Gasteiger charge is 2.10. The fraction of sp³-hybridized carbons (Fsp3) is 0.150. The molecule has 3 rings (SSSR count). The highest BCUT2D eigenvalue weighted by Crippen LogP contribution is 2.29. The van der Waals surface area contributed by atoms with Crippen molar-refractivity contribution in [3.63, 3.8) is 0 Å². The van der Waals surface area contributed by atoms with Gasteiger partial charge in [0.1, 0.15) is 5.82 Å². The molecule has 138 valence electrons. The molecule has 0 aliphatic rings. The fourth-order valence-electron chi connectivity index (χ4n) is 2.43. The molecule has 0 aliphatic heterocycles. The van der Waals surface area contributed by atoms with Crippen molar-refractivity contribution < 1.29 is 14.3 Å². The maximum Gasteiger partial charge on any atom is 0.257 e. The molecule has 2 heterocycles. The molecule has 0 unspecified atom stereocenters. The Balaban J connectivity index is 1.62. The lowest BCUT2D eigenvalue weighted by molar-refractivity contribution is 0.102. The first-order chi connectivity index (χ1) is 13.2. The SMILES string of the molecule is COc1ccc(NC(=O)c2ccc(NCc3ccccn3)nc2)cc1OC. The molecule has 3 aromatic rings. The van der Waals surface area contributed by atoms with Crippen LogP contribution in [0.25, 0.3) is 0 Å². The zero-order chi connectivity index (χ0) is 19.1. The lowest BCUT2D eigenvalue weighted by Crippen LogP contribution is -2.12. The summed E-state index contributed by atoms with van der Waals surface area (Å²) in [6.45, 7) is 0.561. The number of hydrogen-bond acceptors (Lipinski definition) is 6. The number of anilines is 2. The van der Waals surface area contributed by atoms with Gasteiger partial charge in [0.05, 0.1) is 32.0 Å². The summed E-state index contributed by atoms with van der Waals surface area (Å²) in [5.41, 5.74) is 1.97. The van der Waals surface area contributed by atoms with Crippen LogP contribution >= 0.6 is 0 Å². The van der Waals surface area contributed by atoms with Crippen molar-refractivity contribution in [3.05, 3.63) is 72.2 Å². The van der Waals surface area contributed by atoms with Crippen LogP contribution in [-0.4, -0.2) is 30.1 Å². The highest BCUT2D eigenvalue weighted by atomic mass is 16.5. The van der Waals surface area contributed by atoms with Crippen molar-refractivity contribution in [3.8, 4) is 11.5 Å². The van der Waals surface area contributed by atoms with Crippen LogP contribution in [0.1, 0.15) is 16.1 Å². The molecule has 0 bridgehead atoms. The van der Waals surface area contributed by atoms with Crippen LogP contribution in [0.5, 0.6) is 11.5 Å². The fourth-order valence-corrected chi connectivity index (χ4v) is 2.43. The average molecular weight is 364 g/mol. The Kier molecular flexibility index (Phi) is 5.84. The Morgan fingerprint density at radius 3 is 2.52 bits per heavy atom. The van der Waals surface area contributed by atoms with Crippen molar-refractivity contribution >= 4 is 17.4 Å². The number of aromatic nitrogens is 2. The minimum Gasteiger partial charge on any atom is -0.493 e. The third kappa shape index (κ3) is 4.72. The normalized spacial score (nSPS) is 10.1. The predicted molar refractivity (Wildman–Crippen MR) is 103 cm³/mol. The lowest BCUT2D eigenvalue weighted by atomic mass is 10.2. The van der Waals surface area contributed by atoms with Crippen LogP contribution in [0.4, 0.5) is 11.5 Å². The summed E-state index contributed by atoms with van der Waals surface area (Å²) < 4.78 is 10.4. The van der Waals surface area contributed by atoms with Gasteiger partial charge in [0, 0.05) is 24.1 Å². The summed E-state index contributed by atoms with van der Waals surface area (Å²) in [5, 5.41) is 5.99. The lowest BCUT2D eigenvalue weighted by Gasteiger charge is -2.11. The van der Waals surface area contributed by atoms with E-state index < -0.39 is 0 Å². The van der Waals surface area contributed by atoms with Gasteiger partial charge < -0.3 is 20.1 Å². The van der Waals surface area contributed by atoms with Crippen LogP contribution < -0.4 is 20.1 Å². The van der Waals surface area contributed by atoms with E-state index in [1.807, 2.05) is 18.2 Å². The van der Waals surface area contributed by atoms with Gasteiger partial charge in [0.25, 0.3) is 5.91 Å². The molecule has 0 atom stereocenters. The summed E-state index contributed by atoms with van der Waals surface area (Å²) in [6.07, 6.45) is 3.27. The third-order valence-electron chi connectivity index (χ3n) is 3.84. The van der Waals surface area contributed by atoms with Crippen molar-refractivity contribution in [2.75, 3.05) is 24.9 Å². The smallest absolute Gasteiger partial charge is 0.257 e. The minimum absolute atomic E-state index is 0.258. The number of methoxy groups -OCH3 is 2. The average Bonchev–Trinajstić information content (AvgIpc) is 2.73. The van der Waals surface area contributed by atoms with E-state index in [1.165, 1.54) is 6.20 Å². The van der Waals surface area contributed by atoms with Gasteiger partial charge in [-0.25, -0.2) is 4.98 Å². The molecule has 1 aromatic carbocycles. The van der Waals surface area contributed by atoms with Gasteiger partial charge in [-0.1, -0.05) is 6.07 Å². The van der Waals surface area contributed by atoms with Gasteiger partial charge in [-0.05, 0) is 36.4 Å². The largest absolute Gasteiger partial charge is 0.493 e. The first-order valence-electron chi connectivity index (χ1n) is 8.33. The molecule has 0 radical (unpaired) electrons. The van der Waals surface area contributed by atoms with E-state index in [0.29, 0.717) is 35.1 Å². The molecule has 0 saturated heterocycles. The molecule has 27 heavy (non-hydrogen) atoms. The van der Waals surface area contributed by atoms with Crippen molar-refractivity contribution in [1.82, 2.24) is 9.97 Å². The van der Waals surface area contributed by atoms with Gasteiger partial charge in [-0.15, -0.1) is 0 Å². The quantitative estimate of drug-likeness (QED) is 0.669. The first kappa shape index (κ1) is 18.2. The molecular weight excluding hydrogens is 344 g/mol. The summed E-state index contributed by atoms with van der Waals surface area (Å²) >= 11 is 0. The number of carbonyl (C=O) groups is 1. The van der Waals surface area contributed by atoms with Crippen molar-refractivity contribution in [2.45, 2.75) is 6.54 Å². The molecule has 2 aromatic heterocycles. The second kappa shape index (κ2) is 8.66. The molecule has 0 fully saturated rings. The summed E-state index contributed by atoms with van der Waals surface area (Å²) in [4.78, 5) is 20.9. The summed E-state index contributed by atoms with van der Waals surface area (Å²) in [5.74, 6) is 1.55. The zero-order valence-electron chi connectivity index (χ0n) is 15.1. The van der Waals surface area contributed by atoms with E-state index in [2.05, 4.69) is 20.6 Å². The van der Waals surface area contributed by atoms with E-state index >= 15 is 0 Å². The van der Waals surface area contributed by atoms with E-state index in [0.717, 1.165) is 5.69 Å². The molecule has 0 spiro atoms. The molecule has 0 saturated carbocycles. The molecule has 7 nitrogen and oxygen atoms in total. The topological polar surface area (TPSA) is 85.4 Å². The number of carbonyl (C=O) groups excluding carboxylic acids is 1. The van der Waals surface area contributed by atoms with E-state index in [-0.39, 0.29) is 5.91 Å². The van der Waals surface area contributed by atoms with Crippen LogP contribution in [0.2, 0.25) is 0 Å². The van der Waals surface area contributed by atoms with Crippen LogP contribution in [0.15, 0.2) is 60.9 Å². The Morgan fingerprint density at radius 2 is 1.85 bits per heavy atom. The van der Waals surface area contributed by atoms with Crippen LogP contribution in [0.3, 0.4) is 0 Å². The van der Waals surface area contributed by atoms with E-state index in [1.54, 1.807) is 50.7 Å². The number of rotatable bonds is 7. The van der Waals surface area contributed by atoms with Crippen molar-refractivity contribution in [2.24, 2.45) is 0 Å². The second-order valence-electron chi connectivity index (χ2n) is 5.63. The van der Waals surface area contributed by atoms with E-state index in [4.69, 9.17) is 9.47 Å². The highest BCUT2D eigenvalue weighted by molar-refractivity contribution is 6.04. The number of nitrogens with one attached hydrogen (secondary N) is 2. The summed E-state index contributed by atoms with van der Waals surface area (Å²) in [7, 11) is 3.11. The van der Waals surface area contributed by atoms with Gasteiger partial charge in [0.2, 0.25) is 0 Å². The van der Waals surface area contributed by atoms with Crippen molar-refractivity contribution in [1.29, 1.82) is 0 Å². The van der Waals surface area contributed by atoms with E-state index in [9.17, 15) is 4.79 Å². The monoisotopic (exact) mass is 364 g/mol. The molecule has 0 aliphatic carbocycles. The Bertz CT molecular complexity index is 899. The number of benzene rings is 1. The number of amides is 1. The molecule has 2 N–H and O–H groups in total. The molecular formula is C20H20N4O3.